The zero-order valence-corrected chi connectivity index (χ0v) is 57.7. The minimum Gasteiger partial charge on any atom is -0.426 e. The van der Waals surface area contributed by atoms with E-state index in [0.29, 0.717) is 35.2 Å². The van der Waals surface area contributed by atoms with Crippen LogP contribution in [0.4, 0.5) is 0 Å². The predicted octanol–water partition coefficient (Wildman–Crippen LogP) is 11.9. The molecular formula is C55H91N21O4S4+2. The topological polar surface area (TPSA) is 297 Å². The standard InChI is InChI=1S/2C7H10N.4C4H6N2O.4C4H6N2S.C3H5N3.3C2H6/c1-7-4-3-5-8(2)6-7;1-7-5-3-4-6-8(7)2;1-3-5-6-4(2)7-3;2*1-3-5-4(2)7-6-3;1-3-4(2)6-7-5-3;1-3-5-6-4(2)7-3;2*1-3-5-4(2)7-6-3;1-3-4(2)6-7-5-3;1-6-3-4-2-5-6;3*1-2/h2*3-6H,1-2H3;8*1-2H3;2-3H,1H3;3*1-2H3/q2*+1;;;;;;;;;;;;. The second-order valence-corrected chi connectivity index (χ2v) is 19.9. The van der Waals surface area contributed by atoms with Crippen LogP contribution in [-0.2, 0) is 21.1 Å². The maximum absolute atomic E-state index is 4.86. The molecule has 0 bridgehead atoms. The number of hydrogen-bond donors (Lipinski definition) is 0. The van der Waals surface area contributed by atoms with Crippen molar-refractivity contribution in [1.82, 2.24) is 93.2 Å². The third-order valence-electron chi connectivity index (χ3n) is 8.47. The maximum Gasteiger partial charge on any atom is 0.223 e. The molecule has 462 valence electrons. The molecule has 0 aliphatic heterocycles. The van der Waals surface area contributed by atoms with Gasteiger partial charge in [0.15, 0.2) is 35.9 Å². The van der Waals surface area contributed by atoms with E-state index in [0.717, 1.165) is 54.5 Å². The highest BCUT2D eigenvalue weighted by atomic mass is 32.1. The van der Waals surface area contributed by atoms with Crippen LogP contribution in [-0.4, -0.2) is 93.2 Å². The van der Waals surface area contributed by atoms with Crippen LogP contribution in [0, 0.1) is 125 Å². The summed E-state index contributed by atoms with van der Waals surface area (Å²) in [6, 6.07) is 10.3. The van der Waals surface area contributed by atoms with Crippen molar-refractivity contribution >= 4 is 46.1 Å². The van der Waals surface area contributed by atoms with Crippen LogP contribution >= 0.6 is 46.1 Å². The van der Waals surface area contributed by atoms with Gasteiger partial charge in [0, 0.05) is 65.4 Å². The van der Waals surface area contributed by atoms with E-state index in [2.05, 4.69) is 139 Å². The Bertz CT molecular complexity index is 2720. The van der Waals surface area contributed by atoms with E-state index in [1.807, 2.05) is 167 Å². The quantitative estimate of drug-likeness (QED) is 0.127. The molecule has 0 spiro atoms. The molecule has 84 heavy (non-hydrogen) atoms. The Balaban J connectivity index is -0.000000852. The number of hydrogen-bond acceptors (Lipinski definition) is 26. The number of rotatable bonds is 0. The Morgan fingerprint density at radius 2 is 0.929 bits per heavy atom. The molecule has 0 N–H and O–H groups in total. The summed E-state index contributed by atoms with van der Waals surface area (Å²) in [5.74, 6) is 5.63. The van der Waals surface area contributed by atoms with Crippen molar-refractivity contribution in [1.29, 1.82) is 0 Å². The van der Waals surface area contributed by atoms with E-state index >= 15 is 0 Å². The highest BCUT2D eigenvalue weighted by Gasteiger charge is 1.96. The smallest absolute Gasteiger partial charge is 0.223 e. The number of aryl methyl sites for hydroxylation is 21. The highest BCUT2D eigenvalue weighted by molar-refractivity contribution is 7.11. The van der Waals surface area contributed by atoms with E-state index < -0.39 is 0 Å². The van der Waals surface area contributed by atoms with Gasteiger partial charge in [-0.25, -0.2) is 28.7 Å². The van der Waals surface area contributed by atoms with Gasteiger partial charge in [-0.15, -0.1) is 31.7 Å². The van der Waals surface area contributed by atoms with E-state index in [9.17, 15) is 0 Å². The third-order valence-corrected chi connectivity index (χ3v) is 11.4. The zero-order valence-electron chi connectivity index (χ0n) is 54.4. The van der Waals surface area contributed by atoms with Crippen LogP contribution in [0.15, 0.2) is 79.7 Å². The first kappa shape index (κ1) is 80.5. The number of pyridine rings is 2. The van der Waals surface area contributed by atoms with Gasteiger partial charge in [-0.1, -0.05) is 68.2 Å². The lowest BCUT2D eigenvalue weighted by Gasteiger charge is -1.87. The van der Waals surface area contributed by atoms with E-state index in [-0.39, 0.29) is 0 Å². The van der Waals surface area contributed by atoms with Crippen molar-refractivity contribution in [2.24, 2.45) is 21.1 Å². The van der Waals surface area contributed by atoms with Crippen molar-refractivity contribution < 1.29 is 27.2 Å². The summed E-state index contributed by atoms with van der Waals surface area (Å²) in [5, 5.41) is 36.8. The molecule has 11 aromatic rings. The first-order valence-electron chi connectivity index (χ1n) is 26.6. The van der Waals surface area contributed by atoms with Gasteiger partial charge in [0.25, 0.3) is 0 Å². The lowest BCUT2D eigenvalue weighted by Crippen LogP contribution is -2.30. The van der Waals surface area contributed by atoms with Crippen molar-refractivity contribution in [3.63, 3.8) is 0 Å². The lowest BCUT2D eigenvalue weighted by atomic mass is 10.3. The van der Waals surface area contributed by atoms with Crippen molar-refractivity contribution in [3.8, 4) is 0 Å². The Kier molecular flexibility index (Phi) is 47.7. The Morgan fingerprint density at radius 3 is 1.08 bits per heavy atom. The van der Waals surface area contributed by atoms with Crippen LogP contribution in [0.1, 0.15) is 142 Å². The Labute approximate surface area is 513 Å². The fourth-order valence-electron chi connectivity index (χ4n) is 4.56. The molecule has 0 aromatic carbocycles. The summed E-state index contributed by atoms with van der Waals surface area (Å²) in [6.45, 7) is 46.0. The van der Waals surface area contributed by atoms with Crippen molar-refractivity contribution in [3.05, 3.63) is 163 Å². The van der Waals surface area contributed by atoms with E-state index in [1.54, 1.807) is 63.9 Å². The number of aromatic nitrogens is 21. The summed E-state index contributed by atoms with van der Waals surface area (Å²) in [7, 11) is 5.88. The molecule has 0 fully saturated rings. The normalized spacial score (nSPS) is 8.89. The van der Waals surface area contributed by atoms with Gasteiger partial charge < -0.3 is 13.5 Å². The molecule has 0 aliphatic rings. The summed E-state index contributed by atoms with van der Waals surface area (Å²) >= 11 is 5.77. The largest absolute Gasteiger partial charge is 0.426 e. The van der Waals surface area contributed by atoms with Crippen LogP contribution in [0.2, 0.25) is 0 Å². The fourth-order valence-corrected chi connectivity index (χ4v) is 6.65. The predicted molar refractivity (Wildman–Crippen MR) is 332 cm³/mol. The van der Waals surface area contributed by atoms with Gasteiger partial charge in [0.1, 0.15) is 69.8 Å². The average Bonchev–Trinajstić information content (AvgIpc) is 4.39. The minimum absolute atomic E-state index is 0.623. The molecule has 29 heteroatoms. The van der Waals surface area contributed by atoms with Crippen molar-refractivity contribution in [2.45, 2.75) is 166 Å². The summed E-state index contributed by atoms with van der Waals surface area (Å²) < 4.78 is 40.0. The molecular weight excluding hydrogens is 1150 g/mol. The lowest BCUT2D eigenvalue weighted by molar-refractivity contribution is -0.677. The summed E-state index contributed by atoms with van der Waals surface area (Å²) in [5.41, 5.74) is 6.40. The van der Waals surface area contributed by atoms with Gasteiger partial charge in [-0.3, -0.25) is 4.68 Å². The molecule has 11 aromatic heterocycles. The third kappa shape index (κ3) is 44.8. The first-order chi connectivity index (χ1) is 39.8. The molecule has 0 aliphatic carbocycles. The van der Waals surface area contributed by atoms with Crippen LogP contribution in [0.25, 0.3) is 0 Å². The molecule has 11 rings (SSSR count). The summed E-state index contributed by atoms with van der Waals surface area (Å²) in [6.07, 6.45) is 9.28. The molecule has 0 unspecified atom stereocenters. The Hall–Kier alpha value is -7.76. The molecule has 25 nitrogen and oxygen atoms in total. The SMILES string of the molecule is CC.CC.CC.Cc1ccc[n+](C)c1.Cc1cccc[n+]1C.Cc1nnc(C)o1.Cc1nnc(C)s1.Cc1noc(C)n1.Cc1noc(C)n1.Cc1nonc1C.Cc1nsc(C)n1.Cc1nsc(C)n1.Cc1nsnc1C.Cn1cncn1. The molecule has 11 heterocycles. The van der Waals surface area contributed by atoms with Crippen molar-refractivity contribution in [2.75, 3.05) is 0 Å². The molecule has 0 amide bonds. The molecule has 0 saturated heterocycles. The average molecular weight is 1240 g/mol. The Morgan fingerprint density at radius 1 is 0.464 bits per heavy atom. The highest BCUT2D eigenvalue weighted by Crippen LogP contribution is 2.04. The zero-order chi connectivity index (χ0) is 64.6. The van der Waals surface area contributed by atoms with E-state index in [1.165, 1.54) is 52.4 Å². The number of nitrogens with zero attached hydrogens (tertiary/aromatic N) is 21. The molecule has 0 radical (unpaired) electrons. The molecule has 0 saturated carbocycles. The van der Waals surface area contributed by atoms with Gasteiger partial charge >= 0.3 is 0 Å². The maximum atomic E-state index is 4.86. The van der Waals surface area contributed by atoms with Gasteiger partial charge in [0.05, 0.1) is 23.1 Å². The van der Waals surface area contributed by atoms with Gasteiger partial charge in [-0.05, 0) is 119 Å². The second-order valence-electron chi connectivity index (χ2n) is 16.1. The summed E-state index contributed by atoms with van der Waals surface area (Å²) in [4.78, 5) is 19.4. The van der Waals surface area contributed by atoms with Gasteiger partial charge in [0.2, 0.25) is 23.6 Å². The fraction of sp³-hybridized carbons (Fsp3) is 0.491. The van der Waals surface area contributed by atoms with Crippen LogP contribution < -0.4 is 9.13 Å². The minimum atomic E-state index is 0.623. The second kappa shape index (κ2) is 49.8. The van der Waals surface area contributed by atoms with Gasteiger partial charge in [-0.2, -0.15) is 32.6 Å². The van der Waals surface area contributed by atoms with E-state index in [4.69, 9.17) is 4.42 Å². The molecule has 0 atom stereocenters. The monoisotopic (exact) mass is 1240 g/mol. The van der Waals surface area contributed by atoms with Crippen LogP contribution in [0.3, 0.4) is 0 Å². The van der Waals surface area contributed by atoms with Crippen LogP contribution in [0.5, 0.6) is 0 Å². The first-order valence-corrected chi connectivity index (χ1v) is 29.7.